The van der Waals surface area contributed by atoms with Crippen LogP contribution in [0.1, 0.15) is 0 Å². The van der Waals surface area contributed by atoms with Gasteiger partial charge >= 0.3 is 0 Å². The number of morpholine rings is 1. The molecule has 4 rings (SSSR count). The van der Waals surface area contributed by atoms with E-state index < -0.39 is 0 Å². The molecular formula is C18H21N7O. The molecule has 2 N–H and O–H groups in total. The number of nitrogens with one attached hydrogen (secondary N) is 2. The number of fused-ring (bicyclic) bond motifs is 1. The van der Waals surface area contributed by atoms with Crippen molar-refractivity contribution in [3.8, 4) is 0 Å². The predicted octanol–water partition coefficient (Wildman–Crippen LogP) is 1.91. The van der Waals surface area contributed by atoms with Crippen molar-refractivity contribution in [2.24, 2.45) is 0 Å². The van der Waals surface area contributed by atoms with Gasteiger partial charge in [0.05, 0.1) is 30.6 Å². The smallest absolute Gasteiger partial charge is 0.244 e. The Morgan fingerprint density at radius 2 is 2.00 bits per heavy atom. The van der Waals surface area contributed by atoms with Gasteiger partial charge in [0, 0.05) is 37.8 Å². The van der Waals surface area contributed by atoms with Gasteiger partial charge in [-0.1, -0.05) is 18.2 Å². The molecule has 3 aromatic rings. The van der Waals surface area contributed by atoms with E-state index >= 15 is 0 Å². The first-order valence-electron chi connectivity index (χ1n) is 8.73. The van der Waals surface area contributed by atoms with Crippen LogP contribution in [0.2, 0.25) is 0 Å². The number of hydrogen-bond acceptors (Lipinski definition) is 8. The Kier molecular flexibility index (Phi) is 5.13. The van der Waals surface area contributed by atoms with Gasteiger partial charge in [-0.2, -0.15) is 10.1 Å². The number of ether oxygens (including phenoxy) is 1. The Labute approximate surface area is 151 Å². The van der Waals surface area contributed by atoms with Gasteiger partial charge in [-0.3, -0.25) is 9.88 Å². The molecule has 0 bridgehead atoms. The molecule has 1 aliphatic heterocycles. The third-order valence-electron chi connectivity index (χ3n) is 4.27. The van der Waals surface area contributed by atoms with Crippen LogP contribution in [-0.2, 0) is 4.74 Å². The first-order valence-corrected chi connectivity index (χ1v) is 8.73. The Morgan fingerprint density at radius 1 is 1.12 bits per heavy atom. The summed E-state index contributed by atoms with van der Waals surface area (Å²) in [4.78, 5) is 11.3. The van der Waals surface area contributed by atoms with Crippen molar-refractivity contribution in [2.45, 2.75) is 0 Å². The highest BCUT2D eigenvalue weighted by atomic mass is 16.5. The van der Waals surface area contributed by atoms with Gasteiger partial charge < -0.3 is 15.4 Å². The molecule has 0 spiro atoms. The Hall–Kier alpha value is -2.84. The molecular weight excluding hydrogens is 330 g/mol. The van der Waals surface area contributed by atoms with E-state index in [4.69, 9.17) is 4.74 Å². The molecule has 2 aromatic heterocycles. The zero-order valence-corrected chi connectivity index (χ0v) is 14.4. The summed E-state index contributed by atoms with van der Waals surface area (Å²) < 4.78 is 5.36. The quantitative estimate of drug-likeness (QED) is 0.696. The lowest BCUT2D eigenvalue weighted by Crippen LogP contribution is -2.39. The normalized spacial score (nSPS) is 15.1. The number of benzene rings is 1. The number of para-hydroxylation sites is 1. The highest BCUT2D eigenvalue weighted by Gasteiger charge is 2.10. The highest BCUT2D eigenvalue weighted by Crippen LogP contribution is 2.23. The summed E-state index contributed by atoms with van der Waals surface area (Å²) in [6.07, 6.45) is 3.39. The van der Waals surface area contributed by atoms with Gasteiger partial charge in [-0.05, 0) is 12.1 Å². The molecule has 134 valence electrons. The molecule has 8 heteroatoms. The van der Waals surface area contributed by atoms with Crippen LogP contribution in [-0.4, -0.2) is 64.5 Å². The van der Waals surface area contributed by atoms with E-state index in [0.717, 1.165) is 56.0 Å². The van der Waals surface area contributed by atoms with E-state index in [1.807, 2.05) is 30.3 Å². The topological polar surface area (TPSA) is 88.1 Å². The number of hydrogen-bond donors (Lipinski definition) is 2. The third kappa shape index (κ3) is 4.04. The second-order valence-electron chi connectivity index (χ2n) is 6.05. The van der Waals surface area contributed by atoms with Gasteiger partial charge in [0.1, 0.15) is 0 Å². The maximum Gasteiger partial charge on any atom is 0.244 e. The zero-order chi connectivity index (χ0) is 17.6. The average molecular weight is 351 g/mol. The van der Waals surface area contributed by atoms with Crippen LogP contribution >= 0.6 is 0 Å². The molecule has 0 radical (unpaired) electrons. The number of aromatic nitrogens is 4. The van der Waals surface area contributed by atoms with Gasteiger partial charge in [0.25, 0.3) is 0 Å². The van der Waals surface area contributed by atoms with Crippen LogP contribution in [0.4, 0.5) is 17.5 Å². The first kappa shape index (κ1) is 16.6. The number of anilines is 3. The summed E-state index contributed by atoms with van der Waals surface area (Å²) in [6.45, 7) is 5.23. The minimum absolute atomic E-state index is 0.511. The maximum atomic E-state index is 5.36. The molecule has 26 heavy (non-hydrogen) atoms. The van der Waals surface area contributed by atoms with E-state index in [9.17, 15) is 0 Å². The number of nitrogens with zero attached hydrogens (tertiary/aromatic N) is 5. The molecule has 8 nitrogen and oxygen atoms in total. The van der Waals surface area contributed by atoms with Crippen LogP contribution in [0.5, 0.6) is 0 Å². The summed E-state index contributed by atoms with van der Waals surface area (Å²) >= 11 is 0. The van der Waals surface area contributed by atoms with E-state index in [1.54, 1.807) is 12.4 Å². The fraction of sp³-hybridized carbons (Fsp3) is 0.333. The lowest BCUT2D eigenvalue weighted by atomic mass is 10.2. The van der Waals surface area contributed by atoms with Crippen molar-refractivity contribution in [3.63, 3.8) is 0 Å². The van der Waals surface area contributed by atoms with E-state index in [1.165, 1.54) is 0 Å². The Balaban J connectivity index is 1.40. The van der Waals surface area contributed by atoms with E-state index in [2.05, 4.69) is 35.7 Å². The third-order valence-corrected chi connectivity index (χ3v) is 4.27. The summed E-state index contributed by atoms with van der Waals surface area (Å²) in [5, 5.41) is 15.7. The number of rotatable bonds is 6. The molecule has 0 saturated carbocycles. The second-order valence-corrected chi connectivity index (χ2v) is 6.05. The van der Waals surface area contributed by atoms with Crippen LogP contribution in [0.25, 0.3) is 10.9 Å². The second kappa shape index (κ2) is 8.03. The molecule has 1 fully saturated rings. The number of pyridine rings is 1. The van der Waals surface area contributed by atoms with Gasteiger partial charge in [-0.15, -0.1) is 5.10 Å². The summed E-state index contributed by atoms with van der Waals surface area (Å²) in [7, 11) is 0. The van der Waals surface area contributed by atoms with Crippen molar-refractivity contribution in [1.82, 2.24) is 25.1 Å². The fourth-order valence-electron chi connectivity index (χ4n) is 2.93. The van der Waals surface area contributed by atoms with Crippen LogP contribution < -0.4 is 10.6 Å². The van der Waals surface area contributed by atoms with Crippen LogP contribution in [0.15, 0.2) is 42.7 Å². The van der Waals surface area contributed by atoms with Crippen molar-refractivity contribution in [1.29, 1.82) is 0 Å². The molecule has 0 aliphatic carbocycles. The maximum absolute atomic E-state index is 5.36. The minimum atomic E-state index is 0.511. The monoisotopic (exact) mass is 351 g/mol. The lowest BCUT2D eigenvalue weighted by molar-refractivity contribution is 0.0398. The lowest BCUT2D eigenvalue weighted by Gasteiger charge is -2.26. The van der Waals surface area contributed by atoms with Crippen molar-refractivity contribution in [2.75, 3.05) is 50.0 Å². The zero-order valence-electron chi connectivity index (χ0n) is 14.4. The van der Waals surface area contributed by atoms with E-state index in [0.29, 0.717) is 11.8 Å². The standard InChI is InChI=1S/C18H21N7O/c1-3-14-4-2-6-19-17(14)15(5-1)22-16-13-21-24-18(23-16)20-7-8-25-9-11-26-12-10-25/h1-6,13H,7-12H2,(H2,20,22,23,24). The SMILES string of the molecule is c1cnc2c(Nc3cnnc(NCCN4CCOCC4)n3)cccc2c1. The molecule has 3 heterocycles. The average Bonchev–Trinajstić information content (AvgIpc) is 2.70. The highest BCUT2D eigenvalue weighted by molar-refractivity contribution is 5.91. The van der Waals surface area contributed by atoms with E-state index in [-0.39, 0.29) is 0 Å². The largest absolute Gasteiger partial charge is 0.379 e. The van der Waals surface area contributed by atoms with Crippen LogP contribution in [0.3, 0.4) is 0 Å². The van der Waals surface area contributed by atoms with Crippen molar-refractivity contribution in [3.05, 3.63) is 42.7 Å². The predicted molar refractivity (Wildman–Crippen MR) is 101 cm³/mol. The van der Waals surface area contributed by atoms with Gasteiger partial charge in [-0.25, -0.2) is 0 Å². The molecule has 1 aliphatic rings. The summed E-state index contributed by atoms with van der Waals surface area (Å²) in [5.74, 6) is 1.14. The minimum Gasteiger partial charge on any atom is -0.379 e. The molecule has 1 aromatic carbocycles. The van der Waals surface area contributed by atoms with Crippen molar-refractivity contribution < 1.29 is 4.74 Å². The molecule has 0 atom stereocenters. The summed E-state index contributed by atoms with van der Waals surface area (Å²) in [6, 6.07) is 9.95. The Bertz CT molecular complexity index is 862. The molecule has 1 saturated heterocycles. The molecule has 0 unspecified atom stereocenters. The summed E-state index contributed by atoms with van der Waals surface area (Å²) in [5.41, 5.74) is 1.79. The fourth-order valence-corrected chi connectivity index (χ4v) is 2.93. The molecule has 0 amide bonds. The first-order chi connectivity index (χ1) is 12.9. The van der Waals surface area contributed by atoms with Crippen molar-refractivity contribution >= 4 is 28.4 Å². The van der Waals surface area contributed by atoms with Crippen LogP contribution in [0, 0.1) is 0 Å². The van der Waals surface area contributed by atoms with Gasteiger partial charge in [0.15, 0.2) is 5.82 Å². The van der Waals surface area contributed by atoms with Gasteiger partial charge in [0.2, 0.25) is 5.95 Å². The Morgan fingerprint density at radius 3 is 2.92 bits per heavy atom.